The van der Waals surface area contributed by atoms with Gasteiger partial charge in [-0.15, -0.1) is 5.10 Å². The summed E-state index contributed by atoms with van der Waals surface area (Å²) in [5, 5.41) is 11.2. The van der Waals surface area contributed by atoms with Gasteiger partial charge in [0.1, 0.15) is 5.82 Å². The Bertz CT molecular complexity index is 874. The number of urea groups is 1. The van der Waals surface area contributed by atoms with Gasteiger partial charge in [0.15, 0.2) is 5.82 Å². The van der Waals surface area contributed by atoms with E-state index in [1.54, 1.807) is 22.9 Å². The van der Waals surface area contributed by atoms with Crippen molar-refractivity contribution in [1.29, 1.82) is 0 Å². The lowest BCUT2D eigenvalue weighted by molar-refractivity contribution is 0.0237. The number of amides is 2. The van der Waals surface area contributed by atoms with Gasteiger partial charge >= 0.3 is 6.03 Å². The van der Waals surface area contributed by atoms with Crippen LogP contribution >= 0.6 is 0 Å². The van der Waals surface area contributed by atoms with Gasteiger partial charge in [0.25, 0.3) is 0 Å². The summed E-state index contributed by atoms with van der Waals surface area (Å²) in [5.74, 6) is 0.839. The summed E-state index contributed by atoms with van der Waals surface area (Å²) < 4.78 is 15.6. The first kappa shape index (κ1) is 19.9. The highest BCUT2D eigenvalue weighted by Gasteiger charge is 2.42. The number of hydrogen-bond donors (Lipinski definition) is 1. The standard InChI is InChI=1S/C22H30FN5O/c1-16-10-13-27(15-22(16)11-6-3-7-12-22)21(29)24-20-17(2)28(26-25-20)14-18-8-4-5-9-19(18)23/h4-5,8-9,16H,3,6-7,10-15H2,1-2H3,(H,24,29). The zero-order valence-corrected chi connectivity index (χ0v) is 17.3. The molecule has 156 valence electrons. The Hall–Kier alpha value is -2.44. The fraction of sp³-hybridized carbons (Fsp3) is 0.591. The number of benzene rings is 1. The van der Waals surface area contributed by atoms with Crippen molar-refractivity contribution in [3.05, 3.63) is 41.3 Å². The second-order valence-electron chi connectivity index (χ2n) is 8.74. The van der Waals surface area contributed by atoms with Crippen molar-refractivity contribution >= 4 is 11.8 Å². The zero-order chi connectivity index (χ0) is 20.4. The minimum Gasteiger partial charge on any atom is -0.324 e. The van der Waals surface area contributed by atoms with Gasteiger partial charge in [-0.2, -0.15) is 0 Å². The molecule has 1 spiro atoms. The molecule has 0 radical (unpaired) electrons. The van der Waals surface area contributed by atoms with Crippen molar-refractivity contribution in [3.8, 4) is 0 Å². The van der Waals surface area contributed by atoms with Crippen LogP contribution in [0.4, 0.5) is 15.0 Å². The van der Waals surface area contributed by atoms with Crippen LogP contribution in [0.2, 0.25) is 0 Å². The number of rotatable bonds is 3. The minimum absolute atomic E-state index is 0.108. The minimum atomic E-state index is -0.270. The highest BCUT2D eigenvalue weighted by atomic mass is 19.1. The smallest absolute Gasteiger partial charge is 0.323 e. The van der Waals surface area contributed by atoms with E-state index < -0.39 is 0 Å². The van der Waals surface area contributed by atoms with Crippen LogP contribution in [0.5, 0.6) is 0 Å². The van der Waals surface area contributed by atoms with Crippen molar-refractivity contribution in [3.63, 3.8) is 0 Å². The van der Waals surface area contributed by atoms with Crippen molar-refractivity contribution in [1.82, 2.24) is 19.9 Å². The third kappa shape index (κ3) is 4.00. The topological polar surface area (TPSA) is 63.1 Å². The monoisotopic (exact) mass is 399 g/mol. The van der Waals surface area contributed by atoms with E-state index in [4.69, 9.17) is 0 Å². The fourth-order valence-electron chi connectivity index (χ4n) is 4.95. The maximum Gasteiger partial charge on any atom is 0.323 e. The quantitative estimate of drug-likeness (QED) is 0.821. The number of piperidine rings is 1. The molecule has 1 aliphatic heterocycles. The van der Waals surface area contributed by atoms with Crippen molar-refractivity contribution < 1.29 is 9.18 Å². The van der Waals surface area contributed by atoms with Crippen LogP contribution < -0.4 is 5.32 Å². The van der Waals surface area contributed by atoms with Crippen molar-refractivity contribution in [2.24, 2.45) is 11.3 Å². The van der Waals surface area contributed by atoms with Crippen LogP contribution in [-0.2, 0) is 6.54 Å². The van der Waals surface area contributed by atoms with E-state index in [9.17, 15) is 9.18 Å². The van der Waals surface area contributed by atoms with Gasteiger partial charge in [-0.05, 0) is 43.6 Å². The molecule has 2 aromatic rings. The Morgan fingerprint density at radius 2 is 2.03 bits per heavy atom. The van der Waals surface area contributed by atoms with Gasteiger partial charge in [0, 0.05) is 18.7 Å². The highest BCUT2D eigenvalue weighted by molar-refractivity contribution is 5.88. The second-order valence-corrected chi connectivity index (χ2v) is 8.74. The molecule has 1 saturated heterocycles. The van der Waals surface area contributed by atoms with E-state index in [2.05, 4.69) is 22.6 Å². The molecule has 6 nitrogen and oxygen atoms in total. The molecule has 7 heteroatoms. The molecule has 1 aliphatic carbocycles. The molecule has 1 saturated carbocycles. The number of carbonyl (C=O) groups excluding carboxylic acids is 1. The Morgan fingerprint density at radius 1 is 1.28 bits per heavy atom. The summed E-state index contributed by atoms with van der Waals surface area (Å²) in [5.41, 5.74) is 1.53. The molecule has 1 aromatic heterocycles. The lowest BCUT2D eigenvalue weighted by atomic mass is 9.63. The fourth-order valence-corrected chi connectivity index (χ4v) is 4.95. The molecule has 29 heavy (non-hydrogen) atoms. The Balaban J connectivity index is 1.43. The summed E-state index contributed by atoms with van der Waals surface area (Å²) in [7, 11) is 0. The van der Waals surface area contributed by atoms with Crippen molar-refractivity contribution in [2.45, 2.75) is 58.9 Å². The maximum absolute atomic E-state index is 13.9. The predicted octanol–water partition coefficient (Wildman–Crippen LogP) is 4.60. The molecular formula is C22H30FN5O. The summed E-state index contributed by atoms with van der Waals surface area (Å²) in [6.45, 7) is 6.07. The molecule has 4 rings (SSSR count). The molecular weight excluding hydrogens is 369 g/mol. The van der Waals surface area contributed by atoms with Crippen LogP contribution in [0.3, 0.4) is 0 Å². The van der Waals surface area contributed by atoms with Crippen LogP contribution in [-0.4, -0.2) is 39.0 Å². The first-order valence-corrected chi connectivity index (χ1v) is 10.7. The lowest BCUT2D eigenvalue weighted by Crippen LogP contribution is -2.52. The first-order chi connectivity index (χ1) is 14.0. The molecule has 1 N–H and O–H groups in total. The van der Waals surface area contributed by atoms with E-state index in [0.29, 0.717) is 17.3 Å². The molecule has 1 atom stereocenters. The summed E-state index contributed by atoms with van der Waals surface area (Å²) in [4.78, 5) is 14.9. The van der Waals surface area contributed by atoms with Gasteiger partial charge in [-0.3, -0.25) is 5.32 Å². The average Bonchev–Trinajstić information content (AvgIpc) is 3.06. The van der Waals surface area contributed by atoms with Crippen LogP contribution in [0, 0.1) is 24.1 Å². The largest absolute Gasteiger partial charge is 0.324 e. The Morgan fingerprint density at radius 3 is 2.79 bits per heavy atom. The normalized spacial score (nSPS) is 21.3. The van der Waals surface area contributed by atoms with Gasteiger partial charge in [-0.25, -0.2) is 13.9 Å². The number of likely N-dealkylation sites (tertiary alicyclic amines) is 1. The maximum atomic E-state index is 13.9. The van der Waals surface area contributed by atoms with E-state index in [0.717, 1.165) is 25.2 Å². The molecule has 1 unspecified atom stereocenters. The van der Waals surface area contributed by atoms with E-state index >= 15 is 0 Å². The number of anilines is 1. The average molecular weight is 400 g/mol. The number of halogens is 1. The number of aromatic nitrogens is 3. The van der Waals surface area contributed by atoms with E-state index in [1.807, 2.05) is 11.8 Å². The number of hydrogen-bond acceptors (Lipinski definition) is 3. The lowest BCUT2D eigenvalue weighted by Gasteiger charge is -2.49. The number of nitrogens with one attached hydrogen (secondary N) is 1. The van der Waals surface area contributed by atoms with Gasteiger partial charge < -0.3 is 4.90 Å². The highest BCUT2D eigenvalue weighted by Crippen LogP contribution is 2.46. The van der Waals surface area contributed by atoms with E-state index in [-0.39, 0.29) is 23.8 Å². The number of nitrogens with zero attached hydrogens (tertiary/aromatic N) is 4. The molecule has 1 aromatic carbocycles. The second kappa shape index (κ2) is 8.13. The number of carbonyl (C=O) groups is 1. The third-order valence-corrected chi connectivity index (χ3v) is 7.01. The molecule has 2 fully saturated rings. The third-order valence-electron chi connectivity index (χ3n) is 7.01. The molecule has 2 aliphatic rings. The summed E-state index contributed by atoms with van der Waals surface area (Å²) in [6, 6.07) is 6.52. The van der Waals surface area contributed by atoms with Crippen LogP contribution in [0.1, 0.15) is 56.7 Å². The molecule has 2 heterocycles. The van der Waals surface area contributed by atoms with Gasteiger partial charge in [0.2, 0.25) is 0 Å². The van der Waals surface area contributed by atoms with Crippen LogP contribution in [0.25, 0.3) is 0 Å². The van der Waals surface area contributed by atoms with Gasteiger partial charge in [0.05, 0.1) is 12.2 Å². The Kier molecular flexibility index (Phi) is 5.56. The summed E-state index contributed by atoms with van der Waals surface area (Å²) >= 11 is 0. The van der Waals surface area contributed by atoms with Crippen molar-refractivity contribution in [2.75, 3.05) is 18.4 Å². The summed E-state index contributed by atoms with van der Waals surface area (Å²) in [6.07, 6.45) is 7.33. The molecule has 0 bridgehead atoms. The molecule has 2 amide bonds. The van der Waals surface area contributed by atoms with E-state index in [1.165, 1.54) is 38.2 Å². The first-order valence-electron chi connectivity index (χ1n) is 10.7. The predicted molar refractivity (Wildman–Crippen MR) is 110 cm³/mol. The SMILES string of the molecule is Cc1c(NC(=O)N2CCC(C)C3(CCCCC3)C2)nnn1Cc1ccccc1F. The van der Waals surface area contributed by atoms with Crippen LogP contribution in [0.15, 0.2) is 24.3 Å². The zero-order valence-electron chi connectivity index (χ0n) is 17.3. The van der Waals surface area contributed by atoms with Gasteiger partial charge in [-0.1, -0.05) is 49.6 Å². The Labute approximate surface area is 171 Å².